The van der Waals surface area contributed by atoms with E-state index < -0.39 is 0 Å². The zero-order chi connectivity index (χ0) is 8.65. The Morgan fingerprint density at radius 3 is 2.54 bits per heavy atom. The summed E-state index contributed by atoms with van der Waals surface area (Å²) in [5.41, 5.74) is 0. The summed E-state index contributed by atoms with van der Waals surface area (Å²) in [6.07, 6.45) is 2.35. The van der Waals surface area contributed by atoms with Crippen LogP contribution in [0.4, 0.5) is 0 Å². The first-order chi connectivity index (χ1) is 5.93. The number of benzene rings is 1. The third-order valence-electron chi connectivity index (χ3n) is 1.52. The van der Waals surface area contributed by atoms with E-state index in [0.717, 1.165) is 21.8 Å². The van der Waals surface area contributed by atoms with Crippen molar-refractivity contribution in [3.05, 3.63) is 30.3 Å². The van der Waals surface area contributed by atoms with Crippen molar-refractivity contribution in [3.8, 4) is 0 Å². The minimum atomic E-state index is 0. The Balaban J connectivity index is 0.00000144. The van der Waals surface area contributed by atoms with Crippen molar-refractivity contribution >= 4 is 14.1 Å². The van der Waals surface area contributed by atoms with Gasteiger partial charge in [0.05, 0.1) is 0 Å². The molecule has 0 aliphatic heterocycles. The van der Waals surface area contributed by atoms with Crippen LogP contribution in [0.15, 0.2) is 30.3 Å². The van der Waals surface area contributed by atoms with Crippen molar-refractivity contribution in [2.24, 2.45) is 0 Å². The SMILES string of the molecule is CCCCO[P-]c1ccccc1.[Li+]. The largest absolute Gasteiger partial charge is 1.00 e. The minimum absolute atomic E-state index is 0. The summed E-state index contributed by atoms with van der Waals surface area (Å²) in [6, 6.07) is 10.2. The molecule has 0 bridgehead atoms. The molecule has 0 unspecified atom stereocenters. The average molecular weight is 188 g/mol. The van der Waals surface area contributed by atoms with Gasteiger partial charge in [0.1, 0.15) is 0 Å². The van der Waals surface area contributed by atoms with Crippen molar-refractivity contribution in [2.45, 2.75) is 19.8 Å². The zero-order valence-electron chi connectivity index (χ0n) is 8.36. The molecule has 13 heavy (non-hydrogen) atoms. The zero-order valence-corrected chi connectivity index (χ0v) is 9.26. The van der Waals surface area contributed by atoms with Gasteiger partial charge in [-0.2, -0.15) is 5.30 Å². The van der Waals surface area contributed by atoms with Gasteiger partial charge >= 0.3 is 18.9 Å². The van der Waals surface area contributed by atoms with E-state index in [1.807, 2.05) is 18.2 Å². The molecule has 66 valence electrons. The normalized spacial score (nSPS) is 10.2. The predicted octanol–water partition coefficient (Wildman–Crippen LogP) is -0.00620. The average Bonchev–Trinajstić information content (AvgIpc) is 2.14. The van der Waals surface area contributed by atoms with Gasteiger partial charge in [0.15, 0.2) is 0 Å². The molecule has 1 aromatic rings. The maximum absolute atomic E-state index is 5.43. The summed E-state index contributed by atoms with van der Waals surface area (Å²) in [5.74, 6) is 0. The summed E-state index contributed by atoms with van der Waals surface area (Å²) < 4.78 is 5.43. The van der Waals surface area contributed by atoms with Crippen LogP contribution < -0.4 is 24.2 Å². The van der Waals surface area contributed by atoms with Crippen LogP contribution in [0.2, 0.25) is 0 Å². The van der Waals surface area contributed by atoms with E-state index >= 15 is 0 Å². The molecule has 1 rings (SSSR count). The molecule has 0 atom stereocenters. The van der Waals surface area contributed by atoms with E-state index in [0.29, 0.717) is 0 Å². The maximum Gasteiger partial charge on any atom is 1.00 e. The summed E-state index contributed by atoms with van der Waals surface area (Å²) in [5, 5.41) is 1.23. The Labute approximate surface area is 94.3 Å². The van der Waals surface area contributed by atoms with Gasteiger partial charge in [0, 0.05) is 6.61 Å². The Hall–Kier alpha value is 0.207. The standard InChI is InChI=1S/C10H14OP.Li/c1-2-3-9-11-12-10-7-5-4-6-8-10;/h4-8H,2-3,9H2,1H3;/q-1;+1. The molecule has 0 amide bonds. The molecule has 0 saturated heterocycles. The van der Waals surface area contributed by atoms with Gasteiger partial charge in [-0.15, -0.1) is 0 Å². The molecule has 0 aliphatic rings. The Morgan fingerprint density at radius 2 is 1.92 bits per heavy atom. The van der Waals surface area contributed by atoms with Crippen molar-refractivity contribution in [1.82, 2.24) is 0 Å². The first kappa shape index (κ1) is 13.2. The molecule has 1 nitrogen and oxygen atoms in total. The summed E-state index contributed by atoms with van der Waals surface area (Å²) in [4.78, 5) is 0. The summed E-state index contributed by atoms with van der Waals surface area (Å²) in [7, 11) is 0.987. The van der Waals surface area contributed by atoms with Crippen LogP contribution in [-0.2, 0) is 4.52 Å². The third-order valence-corrected chi connectivity index (χ3v) is 2.34. The van der Waals surface area contributed by atoms with Crippen LogP contribution in [-0.4, -0.2) is 6.61 Å². The van der Waals surface area contributed by atoms with E-state index in [2.05, 4.69) is 19.1 Å². The molecule has 1 aromatic carbocycles. The minimum Gasteiger partial charge on any atom is -0.553 e. The molecule has 3 heteroatoms. The second kappa shape index (κ2) is 8.79. The predicted molar refractivity (Wildman–Crippen MR) is 53.9 cm³/mol. The van der Waals surface area contributed by atoms with Gasteiger partial charge in [-0.05, 0) is 6.42 Å². The van der Waals surface area contributed by atoms with Crippen LogP contribution >= 0.6 is 8.81 Å². The first-order valence-electron chi connectivity index (χ1n) is 4.31. The Morgan fingerprint density at radius 1 is 1.23 bits per heavy atom. The smallest absolute Gasteiger partial charge is 0.553 e. The van der Waals surface area contributed by atoms with E-state index in [4.69, 9.17) is 4.52 Å². The van der Waals surface area contributed by atoms with Gasteiger partial charge in [0.2, 0.25) is 0 Å². The second-order valence-corrected chi connectivity index (χ2v) is 3.57. The van der Waals surface area contributed by atoms with Crippen molar-refractivity contribution in [3.63, 3.8) is 0 Å². The van der Waals surface area contributed by atoms with Crippen LogP contribution in [0.5, 0.6) is 0 Å². The molecule has 0 spiro atoms. The number of hydrogen-bond acceptors (Lipinski definition) is 1. The van der Waals surface area contributed by atoms with Gasteiger partial charge in [-0.25, -0.2) is 0 Å². The van der Waals surface area contributed by atoms with Crippen LogP contribution in [0.1, 0.15) is 19.8 Å². The fourth-order valence-electron chi connectivity index (χ4n) is 0.818. The van der Waals surface area contributed by atoms with Gasteiger partial charge < -0.3 is 13.3 Å². The molecule has 0 saturated carbocycles. The van der Waals surface area contributed by atoms with Crippen molar-refractivity contribution in [1.29, 1.82) is 0 Å². The molecule has 0 fully saturated rings. The quantitative estimate of drug-likeness (QED) is 0.359. The monoisotopic (exact) mass is 188 g/mol. The van der Waals surface area contributed by atoms with E-state index in [9.17, 15) is 0 Å². The molecule has 0 aromatic heterocycles. The molecular weight excluding hydrogens is 174 g/mol. The number of unbranched alkanes of at least 4 members (excludes halogenated alkanes) is 1. The van der Waals surface area contributed by atoms with Crippen LogP contribution in [0.25, 0.3) is 0 Å². The van der Waals surface area contributed by atoms with Crippen molar-refractivity contribution < 1.29 is 23.4 Å². The third kappa shape index (κ3) is 6.30. The molecule has 0 heterocycles. The van der Waals surface area contributed by atoms with Crippen LogP contribution in [0.3, 0.4) is 0 Å². The number of rotatable bonds is 5. The molecular formula is C10H14LiOP. The molecule has 0 radical (unpaired) electrons. The summed E-state index contributed by atoms with van der Waals surface area (Å²) in [6.45, 7) is 3.04. The number of hydrogen-bond donors (Lipinski definition) is 0. The molecule has 0 N–H and O–H groups in total. The Bertz CT molecular complexity index is 203. The Kier molecular flexibility index (Phi) is 8.93. The fraction of sp³-hybridized carbons (Fsp3) is 0.400. The van der Waals surface area contributed by atoms with E-state index in [1.165, 1.54) is 11.7 Å². The van der Waals surface area contributed by atoms with E-state index in [1.54, 1.807) is 0 Å². The first-order valence-corrected chi connectivity index (χ1v) is 5.13. The fourth-order valence-corrected chi connectivity index (χ4v) is 1.48. The summed E-state index contributed by atoms with van der Waals surface area (Å²) >= 11 is 0. The van der Waals surface area contributed by atoms with Gasteiger partial charge in [0.25, 0.3) is 0 Å². The van der Waals surface area contributed by atoms with Crippen molar-refractivity contribution in [2.75, 3.05) is 6.61 Å². The van der Waals surface area contributed by atoms with Crippen LogP contribution in [0, 0.1) is 0 Å². The maximum atomic E-state index is 5.43. The van der Waals surface area contributed by atoms with Gasteiger partial charge in [-0.1, -0.05) is 43.7 Å². The second-order valence-electron chi connectivity index (χ2n) is 2.61. The topological polar surface area (TPSA) is 9.23 Å². The van der Waals surface area contributed by atoms with Gasteiger partial charge in [-0.3, -0.25) is 0 Å². The van der Waals surface area contributed by atoms with E-state index in [-0.39, 0.29) is 18.9 Å². The molecule has 0 aliphatic carbocycles.